The molecule has 4 aliphatic rings. The zero-order valence-electron chi connectivity index (χ0n) is 40.8. The number of likely N-dealkylation sites (tertiary alicyclic amines) is 2. The van der Waals surface area contributed by atoms with Gasteiger partial charge in [0.25, 0.3) is 0 Å². The minimum Gasteiger partial charge on any atom is -0.453 e. The molecular weight excluding hydrogens is 845 g/mol. The fourth-order valence-corrected chi connectivity index (χ4v) is 11.8. The third-order valence-electron chi connectivity index (χ3n) is 15.4. The zero-order valence-corrected chi connectivity index (χ0v) is 40.8. The standard InChI is InChI=1S/C53H72N8O6/c1-9-34-22-19-33(25-39(34)41-29-55-49(57-41)45-27-37-15-11-13-17-43(37)61(45)51(63)47(31(4)5)59-53(65)67-8)20-23-35-21-18-32(6)24-38(35)40-28-54-48(56-40)44-26-36-14-10-12-16-42(36)60(44)50(62)46(30(2)3)58-52(64)66-7/h18-19,21-22,24-25,28-31,36-37,42-47H,9-17,20,23,26-27H2,1-8H3,(H,54,56)(H,55,57)(H,58,64)(H,59,65)/t36?,37?,42?,43?,44-,45-,46-,47-/m0/s1. The fraction of sp³-hybridized carbons (Fsp3) is 0.585. The van der Waals surface area contributed by atoms with Crippen molar-refractivity contribution in [2.45, 2.75) is 161 Å². The number of fused-ring (bicyclic) bond motifs is 2. The van der Waals surface area contributed by atoms with Crippen molar-refractivity contribution in [3.63, 3.8) is 0 Å². The first-order valence-corrected chi connectivity index (χ1v) is 24.9. The maximum Gasteiger partial charge on any atom is 0.407 e. The molecule has 2 aromatic heterocycles. The van der Waals surface area contributed by atoms with Gasteiger partial charge in [0, 0.05) is 23.2 Å². The molecule has 8 atom stereocenters. The third-order valence-corrected chi connectivity index (χ3v) is 15.4. The van der Waals surface area contributed by atoms with Crippen LogP contribution in [0, 0.1) is 30.6 Å². The lowest BCUT2D eigenvalue weighted by molar-refractivity contribution is -0.139. The molecule has 8 rings (SSSR count). The van der Waals surface area contributed by atoms with Crippen molar-refractivity contribution >= 4 is 24.0 Å². The molecule has 67 heavy (non-hydrogen) atoms. The Morgan fingerprint density at radius 3 is 1.63 bits per heavy atom. The Kier molecular flexibility index (Phi) is 14.8. The summed E-state index contributed by atoms with van der Waals surface area (Å²) in [6, 6.07) is 11.7. The van der Waals surface area contributed by atoms with Crippen molar-refractivity contribution in [3.8, 4) is 22.5 Å². The molecule has 360 valence electrons. The van der Waals surface area contributed by atoms with Gasteiger partial charge in [0.15, 0.2) is 0 Å². The van der Waals surface area contributed by atoms with Crippen molar-refractivity contribution in [3.05, 3.63) is 82.7 Å². The number of aromatic nitrogens is 4. The molecule has 4 fully saturated rings. The molecule has 2 saturated carbocycles. The van der Waals surface area contributed by atoms with E-state index in [0.29, 0.717) is 11.8 Å². The van der Waals surface area contributed by atoms with Crippen LogP contribution in [0.1, 0.15) is 145 Å². The molecule has 4 aromatic rings. The Hall–Kier alpha value is -5.66. The Morgan fingerprint density at radius 1 is 0.672 bits per heavy atom. The summed E-state index contributed by atoms with van der Waals surface area (Å²) in [7, 11) is 2.65. The van der Waals surface area contributed by atoms with Crippen LogP contribution in [0.2, 0.25) is 0 Å². The monoisotopic (exact) mass is 917 g/mol. The van der Waals surface area contributed by atoms with Gasteiger partial charge in [0.05, 0.1) is 50.1 Å². The molecule has 4 N–H and O–H groups in total. The number of nitrogens with one attached hydrogen (secondary N) is 4. The second-order valence-electron chi connectivity index (χ2n) is 20.3. The number of hydrogen-bond acceptors (Lipinski definition) is 8. The summed E-state index contributed by atoms with van der Waals surface area (Å²) in [6.45, 7) is 12.1. The first kappa shape index (κ1) is 47.8. The molecule has 4 heterocycles. The third kappa shape index (κ3) is 10.00. The number of imidazole rings is 2. The van der Waals surface area contributed by atoms with Gasteiger partial charge >= 0.3 is 12.2 Å². The Balaban J connectivity index is 1.03. The van der Waals surface area contributed by atoms with Gasteiger partial charge < -0.3 is 39.9 Å². The number of aromatic amines is 2. The largest absolute Gasteiger partial charge is 0.453 e. The van der Waals surface area contributed by atoms with E-state index in [9.17, 15) is 19.2 Å². The van der Waals surface area contributed by atoms with E-state index in [4.69, 9.17) is 19.4 Å². The van der Waals surface area contributed by atoms with Crippen molar-refractivity contribution in [2.75, 3.05) is 14.2 Å². The van der Waals surface area contributed by atoms with Crippen LogP contribution in [0.25, 0.3) is 22.5 Å². The van der Waals surface area contributed by atoms with E-state index in [0.717, 1.165) is 123 Å². The number of amides is 4. The average molecular weight is 917 g/mol. The second-order valence-corrected chi connectivity index (χ2v) is 20.3. The lowest BCUT2D eigenvalue weighted by Gasteiger charge is -2.36. The summed E-state index contributed by atoms with van der Waals surface area (Å²) >= 11 is 0. The van der Waals surface area contributed by atoms with Gasteiger partial charge in [-0.25, -0.2) is 19.6 Å². The van der Waals surface area contributed by atoms with Crippen molar-refractivity contribution in [2.24, 2.45) is 23.7 Å². The van der Waals surface area contributed by atoms with Crippen LogP contribution in [-0.2, 0) is 38.3 Å². The highest BCUT2D eigenvalue weighted by Gasteiger charge is 2.50. The van der Waals surface area contributed by atoms with Gasteiger partial charge in [-0.15, -0.1) is 0 Å². The van der Waals surface area contributed by atoms with Crippen LogP contribution < -0.4 is 10.6 Å². The minimum atomic E-state index is -0.700. The number of ether oxygens (including phenoxy) is 2. The topological polar surface area (TPSA) is 175 Å². The predicted molar refractivity (Wildman–Crippen MR) is 258 cm³/mol. The van der Waals surface area contributed by atoms with Crippen LogP contribution in [0.3, 0.4) is 0 Å². The number of H-pyrrole nitrogens is 2. The predicted octanol–water partition coefficient (Wildman–Crippen LogP) is 9.55. The van der Waals surface area contributed by atoms with E-state index < -0.39 is 24.3 Å². The number of carbonyl (C=O) groups excluding carboxylic acids is 4. The van der Waals surface area contributed by atoms with Crippen molar-refractivity contribution in [1.82, 2.24) is 40.4 Å². The zero-order chi connectivity index (χ0) is 47.5. The van der Waals surface area contributed by atoms with Gasteiger partial charge in [-0.05, 0) is 117 Å². The number of nitrogens with zero attached hydrogens (tertiary/aromatic N) is 4. The Labute approximate surface area is 396 Å². The number of carbonyl (C=O) groups is 4. The van der Waals surface area contributed by atoms with Crippen molar-refractivity contribution < 1.29 is 28.7 Å². The summed E-state index contributed by atoms with van der Waals surface area (Å²) < 4.78 is 9.83. The molecular formula is C53H72N8O6. The molecule has 2 saturated heterocycles. The first-order valence-electron chi connectivity index (χ1n) is 24.9. The van der Waals surface area contributed by atoms with E-state index in [1.807, 2.05) is 49.9 Å². The Bertz CT molecular complexity index is 2410. The minimum absolute atomic E-state index is 0.0751. The molecule has 0 radical (unpaired) electrons. The molecule has 0 bridgehead atoms. The van der Waals surface area contributed by atoms with E-state index in [1.165, 1.54) is 30.9 Å². The van der Waals surface area contributed by atoms with E-state index in [2.05, 4.69) is 70.8 Å². The normalized spacial score (nSPS) is 23.4. The Morgan fingerprint density at radius 2 is 1.15 bits per heavy atom. The van der Waals surface area contributed by atoms with E-state index >= 15 is 0 Å². The number of hydrogen-bond donors (Lipinski definition) is 4. The van der Waals surface area contributed by atoms with Gasteiger partial charge in [0.1, 0.15) is 23.7 Å². The molecule has 14 heteroatoms. The fourth-order valence-electron chi connectivity index (χ4n) is 11.8. The maximum absolute atomic E-state index is 14.4. The number of alkyl carbamates (subject to hydrolysis) is 2. The summed E-state index contributed by atoms with van der Waals surface area (Å²) in [5.74, 6) is 1.97. The number of methoxy groups -OCH3 is 2. The van der Waals surface area contributed by atoms with Crippen LogP contribution in [0.4, 0.5) is 9.59 Å². The molecule has 14 nitrogen and oxygen atoms in total. The van der Waals surface area contributed by atoms with Gasteiger partial charge in [-0.3, -0.25) is 9.59 Å². The van der Waals surface area contributed by atoms with Gasteiger partial charge in [-0.1, -0.05) is 90.1 Å². The number of aryl methyl sites for hydroxylation is 4. The molecule has 2 aliphatic carbocycles. The van der Waals surface area contributed by atoms with Crippen LogP contribution in [0.15, 0.2) is 48.8 Å². The van der Waals surface area contributed by atoms with Crippen molar-refractivity contribution in [1.29, 1.82) is 0 Å². The van der Waals surface area contributed by atoms with E-state index in [-0.39, 0.29) is 47.8 Å². The molecule has 0 spiro atoms. The quantitative estimate of drug-likeness (QED) is 0.0968. The second kappa shape index (κ2) is 20.7. The maximum atomic E-state index is 14.4. The molecule has 4 unspecified atom stereocenters. The highest BCUT2D eigenvalue weighted by atomic mass is 16.5. The smallest absolute Gasteiger partial charge is 0.407 e. The highest BCUT2D eigenvalue weighted by molar-refractivity contribution is 5.87. The van der Waals surface area contributed by atoms with Crippen LogP contribution in [0.5, 0.6) is 0 Å². The lowest BCUT2D eigenvalue weighted by Crippen LogP contribution is -2.53. The molecule has 2 aliphatic heterocycles. The SMILES string of the molecule is CCc1ccc(CCc2ccc(C)cc2-c2cnc([C@@H]3CC4CCCCC4N3C(=O)[C@@H](NC(=O)OC)C(C)C)[nH]2)cc1-c1cnc([C@@H]2CC3CCCCC3N2C(=O)[C@@H](NC(=O)OC)C(C)C)[nH]1. The number of benzene rings is 2. The van der Waals surface area contributed by atoms with E-state index in [1.54, 1.807) is 0 Å². The first-order chi connectivity index (χ1) is 32.3. The summed E-state index contributed by atoms with van der Waals surface area (Å²) in [6.07, 6.45) is 15.3. The summed E-state index contributed by atoms with van der Waals surface area (Å²) in [5.41, 5.74) is 8.85. The van der Waals surface area contributed by atoms with Gasteiger partial charge in [-0.2, -0.15) is 0 Å². The highest BCUT2D eigenvalue weighted by Crippen LogP contribution is 2.48. The van der Waals surface area contributed by atoms with Crippen LogP contribution >= 0.6 is 0 Å². The van der Waals surface area contributed by atoms with Gasteiger partial charge in [0.2, 0.25) is 11.8 Å². The van der Waals surface area contributed by atoms with Crippen LogP contribution in [-0.4, -0.2) is 92.1 Å². The molecule has 4 amide bonds. The average Bonchev–Trinajstić information content (AvgIpc) is 4.16. The number of rotatable bonds is 14. The summed E-state index contributed by atoms with van der Waals surface area (Å²) in [5, 5.41) is 5.65. The summed E-state index contributed by atoms with van der Waals surface area (Å²) in [4.78, 5) is 75.0. The lowest BCUT2D eigenvalue weighted by atomic mass is 9.84. The molecule has 2 aromatic carbocycles.